The first-order chi connectivity index (χ1) is 9.13. The van der Waals surface area contributed by atoms with Gasteiger partial charge in [0.25, 0.3) is 0 Å². The molecule has 0 radical (unpaired) electrons. The van der Waals surface area contributed by atoms with Crippen molar-refractivity contribution >= 4 is 11.6 Å². The first kappa shape index (κ1) is 14.0. The molecule has 0 aliphatic carbocycles. The summed E-state index contributed by atoms with van der Waals surface area (Å²) in [5.74, 6) is 0.542. The van der Waals surface area contributed by atoms with Gasteiger partial charge in [-0.3, -0.25) is 4.98 Å². The number of hydrogen-bond donors (Lipinski definition) is 1. The maximum Gasteiger partial charge on any atom is 0.0804 e. The highest BCUT2D eigenvalue weighted by atomic mass is 35.5. The van der Waals surface area contributed by atoms with Crippen LogP contribution in [0.25, 0.3) is 0 Å². The molecule has 1 aromatic carbocycles. The summed E-state index contributed by atoms with van der Waals surface area (Å²) in [6, 6.07) is 12.4. The predicted octanol–water partition coefficient (Wildman–Crippen LogP) is 4.17. The van der Waals surface area contributed by atoms with E-state index < -0.39 is 0 Å². The van der Waals surface area contributed by atoms with Crippen LogP contribution in [0.4, 0.5) is 0 Å². The highest BCUT2D eigenvalue weighted by Gasteiger charge is 2.16. The van der Waals surface area contributed by atoms with Gasteiger partial charge in [0, 0.05) is 6.20 Å². The van der Waals surface area contributed by atoms with Gasteiger partial charge in [0.1, 0.15) is 0 Å². The summed E-state index contributed by atoms with van der Waals surface area (Å²) >= 11 is 6.23. The number of nitrogens with one attached hydrogen (secondary N) is 1. The Bertz CT molecular complexity index is 535. The fourth-order valence-electron chi connectivity index (χ4n) is 2.14. The van der Waals surface area contributed by atoms with Crippen LogP contribution >= 0.6 is 11.6 Å². The normalized spacial score (nSPS) is 12.7. The molecular weight excluding hydrogens is 256 g/mol. The zero-order valence-corrected chi connectivity index (χ0v) is 12.3. The van der Waals surface area contributed by atoms with E-state index in [0.717, 1.165) is 5.69 Å². The lowest BCUT2D eigenvalue weighted by molar-refractivity contribution is 0.670. The fourth-order valence-corrected chi connectivity index (χ4v) is 2.38. The number of pyridine rings is 1. The first-order valence-corrected chi connectivity index (χ1v) is 6.88. The second kappa shape index (κ2) is 6.18. The third kappa shape index (κ3) is 3.14. The Morgan fingerprint density at radius 3 is 2.21 bits per heavy atom. The van der Waals surface area contributed by atoms with Crippen molar-refractivity contribution in [3.05, 3.63) is 64.4 Å². The van der Waals surface area contributed by atoms with Gasteiger partial charge < -0.3 is 5.32 Å². The Hall–Kier alpha value is -1.38. The number of hydrogen-bond acceptors (Lipinski definition) is 2. The Kier molecular flexibility index (Phi) is 4.56. The van der Waals surface area contributed by atoms with E-state index in [1.54, 1.807) is 6.20 Å². The second-order valence-electron chi connectivity index (χ2n) is 4.91. The molecular formula is C16H19ClN2. The number of benzene rings is 1. The summed E-state index contributed by atoms with van der Waals surface area (Å²) in [5.41, 5.74) is 3.38. The molecule has 2 rings (SSSR count). The molecule has 0 fully saturated rings. The highest BCUT2D eigenvalue weighted by molar-refractivity contribution is 6.31. The van der Waals surface area contributed by atoms with E-state index in [2.05, 4.69) is 48.4 Å². The molecule has 2 nitrogen and oxygen atoms in total. The molecule has 0 aliphatic rings. The molecule has 0 saturated carbocycles. The maximum absolute atomic E-state index is 6.23. The monoisotopic (exact) mass is 274 g/mol. The average Bonchev–Trinajstić information content (AvgIpc) is 2.42. The molecule has 2 aromatic rings. The van der Waals surface area contributed by atoms with Crippen molar-refractivity contribution in [3.8, 4) is 0 Å². The predicted molar refractivity (Wildman–Crippen MR) is 80.7 cm³/mol. The molecule has 1 aromatic heterocycles. The second-order valence-corrected chi connectivity index (χ2v) is 5.32. The van der Waals surface area contributed by atoms with Crippen molar-refractivity contribution in [2.45, 2.75) is 25.8 Å². The zero-order chi connectivity index (χ0) is 13.8. The number of rotatable bonds is 4. The van der Waals surface area contributed by atoms with E-state index in [4.69, 9.17) is 11.6 Å². The van der Waals surface area contributed by atoms with Crippen molar-refractivity contribution in [2.24, 2.45) is 0 Å². The maximum atomic E-state index is 6.23. The van der Waals surface area contributed by atoms with Gasteiger partial charge in [-0.05, 0) is 36.2 Å². The van der Waals surface area contributed by atoms with E-state index in [1.165, 1.54) is 11.1 Å². The summed E-state index contributed by atoms with van der Waals surface area (Å²) in [6.45, 7) is 4.39. The quantitative estimate of drug-likeness (QED) is 0.905. The van der Waals surface area contributed by atoms with Crippen LogP contribution in [0.1, 0.15) is 42.6 Å². The minimum Gasteiger partial charge on any atom is -0.308 e. The third-order valence-corrected chi connectivity index (χ3v) is 3.61. The topological polar surface area (TPSA) is 24.9 Å². The molecule has 1 atom stereocenters. The van der Waals surface area contributed by atoms with Crippen LogP contribution in [0, 0.1) is 0 Å². The van der Waals surface area contributed by atoms with Gasteiger partial charge in [0.2, 0.25) is 0 Å². The molecule has 1 heterocycles. The molecule has 100 valence electrons. The van der Waals surface area contributed by atoms with Gasteiger partial charge in [0.05, 0.1) is 16.8 Å². The highest BCUT2D eigenvalue weighted by Crippen LogP contribution is 2.27. The van der Waals surface area contributed by atoms with Crippen LogP contribution in [-0.4, -0.2) is 12.0 Å². The van der Waals surface area contributed by atoms with Crippen molar-refractivity contribution in [3.63, 3.8) is 0 Å². The van der Waals surface area contributed by atoms with E-state index in [-0.39, 0.29) is 6.04 Å². The summed E-state index contributed by atoms with van der Waals surface area (Å²) in [5, 5.41) is 3.97. The number of nitrogens with zero attached hydrogens (tertiary/aromatic N) is 1. The molecule has 0 aliphatic heterocycles. The Morgan fingerprint density at radius 2 is 1.68 bits per heavy atom. The van der Waals surface area contributed by atoms with E-state index in [0.29, 0.717) is 10.9 Å². The summed E-state index contributed by atoms with van der Waals surface area (Å²) in [6.07, 6.45) is 1.77. The lowest BCUT2D eigenvalue weighted by Gasteiger charge is -2.18. The minimum atomic E-state index is 0.0231. The minimum absolute atomic E-state index is 0.0231. The molecule has 0 bridgehead atoms. The van der Waals surface area contributed by atoms with Gasteiger partial charge >= 0.3 is 0 Å². The first-order valence-electron chi connectivity index (χ1n) is 6.51. The Morgan fingerprint density at radius 1 is 1.05 bits per heavy atom. The lowest BCUT2D eigenvalue weighted by atomic mass is 9.97. The summed E-state index contributed by atoms with van der Waals surface area (Å²) in [4.78, 5) is 4.39. The van der Waals surface area contributed by atoms with Gasteiger partial charge in [-0.1, -0.05) is 49.7 Å². The molecule has 0 saturated heterocycles. The van der Waals surface area contributed by atoms with E-state index in [1.807, 2.05) is 19.2 Å². The van der Waals surface area contributed by atoms with Crippen molar-refractivity contribution in [2.75, 3.05) is 7.05 Å². The van der Waals surface area contributed by atoms with E-state index in [9.17, 15) is 0 Å². The zero-order valence-electron chi connectivity index (χ0n) is 11.5. The molecule has 1 unspecified atom stereocenters. The smallest absolute Gasteiger partial charge is 0.0804 e. The number of halogens is 1. The molecule has 0 amide bonds. The third-order valence-electron chi connectivity index (χ3n) is 3.29. The fraction of sp³-hybridized carbons (Fsp3) is 0.312. The largest absolute Gasteiger partial charge is 0.308 e. The van der Waals surface area contributed by atoms with Crippen molar-refractivity contribution < 1.29 is 0 Å². The van der Waals surface area contributed by atoms with Gasteiger partial charge in [-0.15, -0.1) is 0 Å². The van der Waals surface area contributed by atoms with Crippen LogP contribution < -0.4 is 5.32 Å². The van der Waals surface area contributed by atoms with Gasteiger partial charge in [0.15, 0.2) is 0 Å². The van der Waals surface area contributed by atoms with Crippen LogP contribution in [0.2, 0.25) is 5.02 Å². The molecule has 1 N–H and O–H groups in total. The standard InChI is InChI=1S/C16H19ClN2/c1-11(2)12-6-8-13(9-7-12)15(18-3)16-14(17)5-4-10-19-16/h4-11,15,18H,1-3H3. The van der Waals surface area contributed by atoms with Crippen LogP contribution in [0.5, 0.6) is 0 Å². The SMILES string of the molecule is CNC(c1ccc(C(C)C)cc1)c1ncccc1Cl. The molecule has 19 heavy (non-hydrogen) atoms. The van der Waals surface area contributed by atoms with Crippen LogP contribution in [0.3, 0.4) is 0 Å². The average molecular weight is 275 g/mol. The van der Waals surface area contributed by atoms with Crippen molar-refractivity contribution in [1.29, 1.82) is 0 Å². The molecule has 0 spiro atoms. The van der Waals surface area contributed by atoms with Crippen LogP contribution in [0.15, 0.2) is 42.6 Å². The summed E-state index contributed by atoms with van der Waals surface area (Å²) in [7, 11) is 1.92. The molecule has 3 heteroatoms. The lowest BCUT2D eigenvalue weighted by Crippen LogP contribution is -2.19. The van der Waals surface area contributed by atoms with E-state index >= 15 is 0 Å². The van der Waals surface area contributed by atoms with Gasteiger partial charge in [-0.2, -0.15) is 0 Å². The summed E-state index contributed by atoms with van der Waals surface area (Å²) < 4.78 is 0. The Labute approximate surface area is 119 Å². The number of aromatic nitrogens is 1. The van der Waals surface area contributed by atoms with Crippen LogP contribution in [-0.2, 0) is 0 Å². The Balaban J connectivity index is 2.35. The van der Waals surface area contributed by atoms with Crippen molar-refractivity contribution in [1.82, 2.24) is 10.3 Å². The van der Waals surface area contributed by atoms with Gasteiger partial charge in [-0.25, -0.2) is 0 Å².